The van der Waals surface area contributed by atoms with Crippen LogP contribution in [-0.2, 0) is 46.3 Å². The van der Waals surface area contributed by atoms with Crippen LogP contribution in [0.1, 0.15) is 123 Å². The first kappa shape index (κ1) is 47.5. The fourth-order valence-electron chi connectivity index (χ4n) is 8.67. The number of nitrogens with two attached hydrogens (primary N) is 1. The predicted molar refractivity (Wildman–Crippen MR) is 224 cm³/mol. The van der Waals surface area contributed by atoms with Gasteiger partial charge in [0.15, 0.2) is 17.3 Å². The highest BCUT2D eigenvalue weighted by Crippen LogP contribution is 2.38. The van der Waals surface area contributed by atoms with Crippen LogP contribution in [0.5, 0.6) is 0 Å². The number of ketones is 4. The number of hydrogen-bond donors (Lipinski definition) is 2. The molecule has 3 aromatic rings. The van der Waals surface area contributed by atoms with Gasteiger partial charge in [-0.3, -0.25) is 33.6 Å². The molecule has 1 aliphatic heterocycles. The first-order valence-corrected chi connectivity index (χ1v) is 21.6. The maximum absolute atomic E-state index is 14.8. The molecule has 0 bridgehead atoms. The number of nitrogens with one attached hydrogen (secondary N) is 1. The van der Waals surface area contributed by atoms with Gasteiger partial charge >= 0.3 is 6.18 Å². The summed E-state index contributed by atoms with van der Waals surface area (Å²) in [6, 6.07) is 19.9. The molecule has 62 heavy (non-hydrogen) atoms. The van der Waals surface area contributed by atoms with E-state index in [1.165, 1.54) is 17.0 Å². The van der Waals surface area contributed by atoms with Gasteiger partial charge in [-0.05, 0) is 42.4 Å². The lowest BCUT2D eigenvalue weighted by atomic mass is 9.76. The zero-order valence-electron chi connectivity index (χ0n) is 35.1. The minimum atomic E-state index is -4.79. The minimum Gasteiger partial charge on any atom is -0.372 e. The van der Waals surface area contributed by atoms with E-state index < -0.39 is 107 Å². The summed E-state index contributed by atoms with van der Waals surface area (Å²) in [4.78, 5) is 96.5. The predicted octanol–water partition coefficient (Wildman–Crippen LogP) is 7.69. The second-order valence-electron chi connectivity index (χ2n) is 16.4. The molecular formula is C48H56F3N3O8. The Labute approximate surface area is 360 Å². The van der Waals surface area contributed by atoms with Crippen molar-refractivity contribution in [3.05, 3.63) is 107 Å². The number of primary amides is 1. The molecule has 3 N–H and O–H groups in total. The number of halogens is 3. The van der Waals surface area contributed by atoms with E-state index in [0.29, 0.717) is 31.2 Å². The van der Waals surface area contributed by atoms with Gasteiger partial charge in [0.05, 0.1) is 24.3 Å². The number of Topliss-reactive ketones (excluding diaryl/α,β-unsaturated/α-hetero) is 4. The molecule has 0 aromatic heterocycles. The second kappa shape index (κ2) is 22.6. The molecule has 3 aromatic carbocycles. The molecule has 5 atom stereocenters. The number of ether oxygens (including phenoxy) is 1. The van der Waals surface area contributed by atoms with Crippen molar-refractivity contribution in [1.29, 1.82) is 0 Å². The maximum atomic E-state index is 14.8. The summed E-state index contributed by atoms with van der Waals surface area (Å²) in [7, 11) is 0. The minimum absolute atomic E-state index is 0.0183. The fraction of sp³-hybridized carbons (Fsp3) is 0.479. The largest absolute Gasteiger partial charge is 0.417 e. The number of hydrogen-bond acceptors (Lipinski definition) is 8. The third-order valence-corrected chi connectivity index (χ3v) is 12.0. The van der Waals surface area contributed by atoms with Crippen LogP contribution in [0, 0.1) is 17.8 Å². The van der Waals surface area contributed by atoms with Crippen LogP contribution < -0.4 is 11.1 Å². The Balaban J connectivity index is 1.35. The van der Waals surface area contributed by atoms with Gasteiger partial charge < -0.3 is 20.7 Å². The summed E-state index contributed by atoms with van der Waals surface area (Å²) in [5.41, 5.74) is 5.22. The Kier molecular flexibility index (Phi) is 17.3. The van der Waals surface area contributed by atoms with Crippen LogP contribution in [0.25, 0.3) is 0 Å². The van der Waals surface area contributed by atoms with Gasteiger partial charge in [0.2, 0.25) is 23.5 Å². The van der Waals surface area contributed by atoms with Crippen molar-refractivity contribution in [2.45, 2.75) is 121 Å². The van der Waals surface area contributed by atoms with E-state index >= 15 is 0 Å². The number of alkyl halides is 3. The molecule has 0 spiro atoms. The fourth-order valence-corrected chi connectivity index (χ4v) is 8.67. The Morgan fingerprint density at radius 3 is 2.13 bits per heavy atom. The van der Waals surface area contributed by atoms with Crippen molar-refractivity contribution in [1.82, 2.24) is 10.2 Å². The van der Waals surface area contributed by atoms with Crippen LogP contribution in [0.3, 0.4) is 0 Å². The summed E-state index contributed by atoms with van der Waals surface area (Å²) in [6.07, 6.45) is -2.04. The van der Waals surface area contributed by atoms with Gasteiger partial charge in [0.25, 0.3) is 0 Å². The smallest absolute Gasteiger partial charge is 0.372 e. The maximum Gasteiger partial charge on any atom is 0.417 e. The van der Waals surface area contributed by atoms with Crippen molar-refractivity contribution in [3.8, 4) is 0 Å². The van der Waals surface area contributed by atoms with Crippen LogP contribution in [0.2, 0.25) is 0 Å². The number of nitrogens with zero attached hydrogens (tertiary/aromatic N) is 1. The van der Waals surface area contributed by atoms with Gasteiger partial charge in [-0.1, -0.05) is 118 Å². The first-order valence-electron chi connectivity index (χ1n) is 21.6. The standard InChI is InChI=1S/C48H56F3N3O8/c1-2-3-17-34(45(59)40(55)24-25-43(58)53-44(46(52)60)33-20-11-6-12-21-33)26-42(57)39-27-35(62-30-31-15-7-4-8-16-31)29-54(39)47(61)37(32-18-9-5-10-19-32)28-41(56)36-22-13-14-23-38(36)48(49,50)51/h4,6-8,11-16,20-23,32,34-35,37,39,44H,2-3,5,9-10,17-19,24-30H2,1H3,(H2,52,60)(H,53,58)/t34?,35-,37?,39+,44?/m1/s1. The van der Waals surface area contributed by atoms with Crippen LogP contribution in [0.4, 0.5) is 13.2 Å². The third kappa shape index (κ3) is 13.0. The first-order chi connectivity index (χ1) is 29.7. The van der Waals surface area contributed by atoms with Crippen molar-refractivity contribution >= 4 is 40.9 Å². The average molecular weight is 860 g/mol. The van der Waals surface area contributed by atoms with E-state index in [9.17, 15) is 46.7 Å². The number of benzene rings is 3. The zero-order chi connectivity index (χ0) is 44.8. The molecule has 1 aliphatic carbocycles. The normalized spacial score (nSPS) is 18.4. The summed E-state index contributed by atoms with van der Waals surface area (Å²) >= 11 is 0. The van der Waals surface area contributed by atoms with Gasteiger partial charge in [0.1, 0.15) is 6.04 Å². The molecule has 2 aliphatic rings. The number of amides is 3. The molecule has 5 rings (SSSR count). The van der Waals surface area contributed by atoms with Crippen molar-refractivity contribution < 1.29 is 51.5 Å². The van der Waals surface area contributed by atoms with E-state index in [2.05, 4.69) is 5.32 Å². The summed E-state index contributed by atoms with van der Waals surface area (Å²) in [5.74, 6) is -7.34. The van der Waals surface area contributed by atoms with Crippen LogP contribution in [0.15, 0.2) is 84.9 Å². The van der Waals surface area contributed by atoms with Crippen molar-refractivity contribution in [2.75, 3.05) is 6.54 Å². The third-order valence-electron chi connectivity index (χ3n) is 12.0. The summed E-state index contributed by atoms with van der Waals surface area (Å²) < 4.78 is 48.3. The lowest BCUT2D eigenvalue weighted by molar-refractivity contribution is -0.144. The number of carbonyl (C=O) groups is 7. The lowest BCUT2D eigenvalue weighted by Gasteiger charge is -2.34. The quantitative estimate of drug-likeness (QED) is 0.0766. The SMILES string of the molecule is CCCCC(CC(=O)[C@@H]1C[C@@H](OCc2ccccc2)CN1C(=O)C(CC(=O)c1ccccc1C(F)(F)F)C1CCCCC1)C(=O)C(=O)CCC(=O)NC(C(N)=O)c1ccccc1. The monoisotopic (exact) mass is 859 g/mol. The summed E-state index contributed by atoms with van der Waals surface area (Å²) in [5, 5.41) is 2.51. The Morgan fingerprint density at radius 2 is 1.48 bits per heavy atom. The topological polar surface area (TPSA) is 170 Å². The molecule has 1 saturated heterocycles. The van der Waals surface area contributed by atoms with Gasteiger partial charge in [-0.15, -0.1) is 0 Å². The molecule has 2 fully saturated rings. The van der Waals surface area contributed by atoms with E-state index in [-0.39, 0.29) is 38.3 Å². The van der Waals surface area contributed by atoms with Gasteiger partial charge in [0, 0.05) is 56.0 Å². The van der Waals surface area contributed by atoms with E-state index in [0.717, 1.165) is 37.0 Å². The molecule has 0 radical (unpaired) electrons. The number of rotatable bonds is 22. The van der Waals surface area contributed by atoms with Crippen molar-refractivity contribution in [3.63, 3.8) is 0 Å². The Hall–Kier alpha value is -5.50. The van der Waals surface area contributed by atoms with E-state index in [1.54, 1.807) is 30.3 Å². The van der Waals surface area contributed by atoms with Gasteiger partial charge in [-0.2, -0.15) is 13.2 Å². The lowest BCUT2D eigenvalue weighted by Crippen LogP contribution is -2.47. The van der Waals surface area contributed by atoms with Crippen molar-refractivity contribution in [2.24, 2.45) is 23.5 Å². The molecule has 3 unspecified atom stereocenters. The number of carbonyl (C=O) groups excluding carboxylic acids is 7. The molecule has 332 valence electrons. The van der Waals surface area contributed by atoms with Gasteiger partial charge in [-0.25, -0.2) is 0 Å². The highest BCUT2D eigenvalue weighted by molar-refractivity contribution is 6.38. The highest BCUT2D eigenvalue weighted by Gasteiger charge is 2.46. The van der Waals surface area contributed by atoms with E-state index in [4.69, 9.17) is 10.5 Å². The van der Waals surface area contributed by atoms with Crippen LogP contribution in [-0.4, -0.2) is 64.4 Å². The average Bonchev–Trinajstić information content (AvgIpc) is 3.72. The molecule has 11 nitrogen and oxygen atoms in total. The molecule has 1 saturated carbocycles. The number of likely N-dealkylation sites (tertiary alicyclic amines) is 1. The molecule has 3 amide bonds. The molecule has 1 heterocycles. The van der Waals surface area contributed by atoms with E-state index in [1.807, 2.05) is 37.3 Å². The Morgan fingerprint density at radius 1 is 0.839 bits per heavy atom. The summed E-state index contributed by atoms with van der Waals surface area (Å²) in [6.45, 7) is 2.05. The molecular weight excluding hydrogens is 804 g/mol. The van der Waals surface area contributed by atoms with Crippen LogP contribution >= 0.6 is 0 Å². The molecule has 14 heteroatoms. The highest BCUT2D eigenvalue weighted by atomic mass is 19.4. The zero-order valence-corrected chi connectivity index (χ0v) is 35.1. The second-order valence-corrected chi connectivity index (χ2v) is 16.4. The number of unbranched alkanes of at least 4 members (excludes halogenated alkanes) is 1. The Bertz CT molecular complexity index is 2040.